The maximum Gasteiger partial charge on any atom is 0.407 e. The third-order valence-corrected chi connectivity index (χ3v) is 6.33. The summed E-state index contributed by atoms with van der Waals surface area (Å²) < 4.78 is 24.8. The lowest BCUT2D eigenvalue weighted by molar-refractivity contribution is 0.166. The predicted molar refractivity (Wildman–Crippen MR) is 137 cm³/mol. The molecule has 3 aromatic rings. The number of hydrogen-bond donors (Lipinski definition) is 3. The molecule has 0 atom stereocenters. The fraction of sp³-hybridized carbons (Fsp3) is 0.391. The van der Waals surface area contributed by atoms with Gasteiger partial charge in [0.25, 0.3) is 0 Å². The lowest BCUT2D eigenvalue weighted by atomic mass is 10.0. The van der Waals surface area contributed by atoms with Crippen molar-refractivity contribution >= 4 is 41.3 Å². The van der Waals surface area contributed by atoms with Crippen LogP contribution < -0.4 is 15.4 Å². The number of nitrogens with one attached hydrogen (secondary N) is 3. The van der Waals surface area contributed by atoms with Crippen LogP contribution >= 0.6 is 23.5 Å². The van der Waals surface area contributed by atoms with Crippen LogP contribution in [-0.4, -0.2) is 51.3 Å². The molecule has 4 rings (SSSR count). The van der Waals surface area contributed by atoms with E-state index in [1.165, 1.54) is 19.1 Å². The summed E-state index contributed by atoms with van der Waals surface area (Å²) in [6.45, 7) is 4.44. The van der Waals surface area contributed by atoms with Crippen LogP contribution in [0.2, 0.25) is 5.02 Å². The van der Waals surface area contributed by atoms with E-state index in [1.54, 1.807) is 35.3 Å². The Morgan fingerprint density at radius 3 is 2.77 bits per heavy atom. The third kappa shape index (κ3) is 5.62. The van der Waals surface area contributed by atoms with Crippen molar-refractivity contribution in [3.8, 4) is 22.5 Å². The van der Waals surface area contributed by atoms with E-state index in [1.807, 2.05) is 20.0 Å². The number of methoxy groups -OCH3 is 1. The first kappa shape index (κ1) is 25.1. The van der Waals surface area contributed by atoms with E-state index in [0.29, 0.717) is 34.5 Å². The molecule has 12 heteroatoms. The van der Waals surface area contributed by atoms with E-state index in [-0.39, 0.29) is 22.8 Å². The van der Waals surface area contributed by atoms with Crippen LogP contribution in [0.5, 0.6) is 0 Å². The van der Waals surface area contributed by atoms with Crippen LogP contribution in [0.1, 0.15) is 32.7 Å². The van der Waals surface area contributed by atoms with Crippen molar-refractivity contribution in [3.63, 3.8) is 0 Å². The zero-order chi connectivity index (χ0) is 25.2. The summed E-state index contributed by atoms with van der Waals surface area (Å²) >= 11 is 7.59. The third-order valence-electron chi connectivity index (χ3n) is 5.69. The molecule has 1 aromatic carbocycles. The van der Waals surface area contributed by atoms with Gasteiger partial charge in [0.05, 0.1) is 24.0 Å². The maximum atomic E-state index is 15.4. The molecule has 0 unspecified atom stereocenters. The Labute approximate surface area is 212 Å². The second kappa shape index (κ2) is 10.3. The van der Waals surface area contributed by atoms with E-state index in [2.05, 4.69) is 30.4 Å². The Bertz CT molecular complexity index is 1230. The number of benzene rings is 1. The number of aromatic nitrogens is 4. The van der Waals surface area contributed by atoms with Crippen LogP contribution in [-0.2, 0) is 4.74 Å². The normalized spacial score (nSPS) is 14.0. The number of carbonyl (C=O) groups excluding carboxylic acids is 1. The molecule has 0 bridgehead atoms. The van der Waals surface area contributed by atoms with Crippen molar-refractivity contribution in [2.75, 3.05) is 29.9 Å². The van der Waals surface area contributed by atoms with Gasteiger partial charge in [-0.1, -0.05) is 23.5 Å². The molecule has 2 heterocycles. The van der Waals surface area contributed by atoms with Crippen molar-refractivity contribution in [2.45, 2.75) is 38.3 Å². The van der Waals surface area contributed by atoms with Crippen molar-refractivity contribution < 1.29 is 13.9 Å². The number of nitrogens with zero attached hydrogens (tertiary/aromatic N) is 4. The molecule has 1 aliphatic rings. The molecule has 9 nitrogen and oxygen atoms in total. The molecule has 0 spiro atoms. The largest absolute Gasteiger partial charge is 0.453 e. The quantitative estimate of drug-likeness (QED) is 0.324. The van der Waals surface area contributed by atoms with Gasteiger partial charge < -0.3 is 20.1 Å². The van der Waals surface area contributed by atoms with Gasteiger partial charge in [-0.15, -0.1) is 0 Å². The minimum atomic E-state index is -0.469. The first-order valence-corrected chi connectivity index (χ1v) is 12.7. The van der Waals surface area contributed by atoms with Gasteiger partial charge in [0.15, 0.2) is 5.82 Å². The Kier molecular flexibility index (Phi) is 7.36. The van der Waals surface area contributed by atoms with Gasteiger partial charge in [-0.2, -0.15) is 5.10 Å². The minimum Gasteiger partial charge on any atom is -0.453 e. The fourth-order valence-electron chi connectivity index (χ4n) is 3.59. The average molecular weight is 520 g/mol. The highest BCUT2D eigenvalue weighted by atomic mass is 35.5. The summed E-state index contributed by atoms with van der Waals surface area (Å²) in [6, 6.07) is 4.90. The first-order valence-electron chi connectivity index (χ1n) is 11.1. The van der Waals surface area contributed by atoms with Gasteiger partial charge in [0, 0.05) is 47.4 Å². The smallest absolute Gasteiger partial charge is 0.407 e. The Morgan fingerprint density at radius 2 is 2.11 bits per heavy atom. The maximum absolute atomic E-state index is 15.4. The Hall–Kier alpha value is -3.05. The van der Waals surface area contributed by atoms with Gasteiger partial charge in [0.1, 0.15) is 5.69 Å². The monoisotopic (exact) mass is 519 g/mol. The minimum absolute atomic E-state index is 0.0482. The molecule has 1 fully saturated rings. The summed E-state index contributed by atoms with van der Waals surface area (Å²) in [6.07, 6.45) is 6.48. The van der Waals surface area contributed by atoms with E-state index >= 15 is 4.39 Å². The number of anilines is 2. The zero-order valence-corrected chi connectivity index (χ0v) is 21.4. The first-order chi connectivity index (χ1) is 16.7. The lowest BCUT2D eigenvalue weighted by Crippen LogP contribution is -2.42. The average Bonchev–Trinajstić information content (AvgIpc) is 3.45. The number of rotatable bonds is 9. The number of carbonyl (C=O) groups is 1. The number of halogens is 2. The van der Waals surface area contributed by atoms with Gasteiger partial charge in [-0.25, -0.2) is 19.2 Å². The predicted octanol–water partition coefficient (Wildman–Crippen LogP) is 5.37. The molecule has 186 valence electrons. The fourth-order valence-corrected chi connectivity index (χ4v) is 4.18. The molecule has 0 radical (unpaired) electrons. The summed E-state index contributed by atoms with van der Waals surface area (Å²) in [5.41, 5.74) is 1.84. The molecule has 3 N–H and O–H groups in total. The molecule has 0 saturated heterocycles. The topological polar surface area (TPSA) is 106 Å². The SMILES string of the molecule is COC(=O)NC1(CNc2nccc(-c3cn(C(C)C)nc3-c3cc(Cl)cc(NSC)c3F)n2)CC1. The van der Waals surface area contributed by atoms with Gasteiger partial charge in [-0.05, 0) is 44.9 Å². The summed E-state index contributed by atoms with van der Waals surface area (Å²) in [4.78, 5) is 20.6. The Morgan fingerprint density at radius 1 is 1.34 bits per heavy atom. The van der Waals surface area contributed by atoms with Crippen molar-refractivity contribution in [1.82, 2.24) is 25.1 Å². The van der Waals surface area contributed by atoms with Crippen LogP contribution in [0, 0.1) is 5.82 Å². The number of ether oxygens (including phenoxy) is 1. The van der Waals surface area contributed by atoms with Crippen LogP contribution in [0.3, 0.4) is 0 Å². The number of amides is 1. The van der Waals surface area contributed by atoms with E-state index in [4.69, 9.17) is 16.3 Å². The highest BCUT2D eigenvalue weighted by Gasteiger charge is 2.44. The number of alkyl carbamates (subject to hydrolysis) is 1. The van der Waals surface area contributed by atoms with E-state index in [0.717, 1.165) is 12.8 Å². The van der Waals surface area contributed by atoms with E-state index in [9.17, 15) is 4.79 Å². The molecule has 0 aliphatic heterocycles. The summed E-state index contributed by atoms with van der Waals surface area (Å²) in [7, 11) is 1.34. The highest BCUT2D eigenvalue weighted by molar-refractivity contribution is 7.99. The second-order valence-corrected chi connectivity index (χ2v) is 9.65. The molecule has 35 heavy (non-hydrogen) atoms. The number of hydrogen-bond acceptors (Lipinski definition) is 8. The Balaban J connectivity index is 1.68. The van der Waals surface area contributed by atoms with Crippen molar-refractivity contribution in [1.29, 1.82) is 0 Å². The van der Waals surface area contributed by atoms with Gasteiger partial charge >= 0.3 is 6.09 Å². The lowest BCUT2D eigenvalue weighted by Gasteiger charge is -2.17. The standard InChI is InChI=1S/C23H27ClFN7O2S/c1-13(2)32-11-16(20(30-32)15-9-14(24)10-18(19(15)25)31-35-4)17-5-8-26-21(28-17)27-12-23(6-7-23)29-22(33)34-3/h5,8-11,13,31H,6-7,12H2,1-4H3,(H,29,33)(H,26,27,28). The second-order valence-electron chi connectivity index (χ2n) is 8.60. The van der Waals surface area contributed by atoms with Crippen LogP contribution in [0.4, 0.5) is 20.8 Å². The molecule has 1 saturated carbocycles. The highest BCUT2D eigenvalue weighted by Crippen LogP contribution is 2.38. The molecule has 1 aliphatic carbocycles. The van der Waals surface area contributed by atoms with Gasteiger partial charge in [0.2, 0.25) is 5.95 Å². The summed E-state index contributed by atoms with van der Waals surface area (Å²) in [5.74, 6) is -0.0593. The molecular weight excluding hydrogens is 493 g/mol. The zero-order valence-electron chi connectivity index (χ0n) is 19.9. The van der Waals surface area contributed by atoms with Crippen LogP contribution in [0.15, 0.2) is 30.6 Å². The van der Waals surface area contributed by atoms with Crippen molar-refractivity contribution in [2.24, 2.45) is 0 Å². The summed E-state index contributed by atoms with van der Waals surface area (Å²) in [5, 5.41) is 11.1. The van der Waals surface area contributed by atoms with E-state index < -0.39 is 11.9 Å². The van der Waals surface area contributed by atoms with Crippen molar-refractivity contribution in [3.05, 3.63) is 41.4 Å². The molecular formula is C23H27ClFN7O2S. The molecule has 2 aromatic heterocycles. The van der Waals surface area contributed by atoms with Gasteiger partial charge in [-0.3, -0.25) is 4.68 Å². The molecule has 1 amide bonds. The van der Waals surface area contributed by atoms with Crippen LogP contribution in [0.25, 0.3) is 22.5 Å².